The highest BCUT2D eigenvalue weighted by molar-refractivity contribution is 8.76. The summed E-state index contributed by atoms with van der Waals surface area (Å²) in [6, 6.07) is -1.82. The molecule has 11 heteroatoms. The molecule has 1 saturated heterocycles. The molecule has 3 amide bonds. The average Bonchev–Trinajstić information content (AvgIpc) is 2.81. The summed E-state index contributed by atoms with van der Waals surface area (Å²) in [5.41, 5.74) is 0.0666. The molecule has 0 spiro atoms. The molecule has 200 valence electrons. The second-order valence-corrected chi connectivity index (χ2v) is 12.1. The fourth-order valence-corrected chi connectivity index (χ4v) is 5.90. The van der Waals surface area contributed by atoms with E-state index in [-0.39, 0.29) is 36.1 Å². The molecule has 3 N–H and O–H groups in total. The lowest BCUT2D eigenvalue weighted by molar-refractivity contribution is -0.155. The fourth-order valence-electron chi connectivity index (χ4n) is 3.74. The second-order valence-electron chi connectivity index (χ2n) is 9.52. The van der Waals surface area contributed by atoms with Crippen molar-refractivity contribution >= 4 is 51.1 Å². The lowest BCUT2D eigenvalue weighted by atomic mass is 9.89. The Kier molecular flexibility index (Phi) is 12.0. The van der Waals surface area contributed by atoms with Crippen LogP contribution >= 0.6 is 21.6 Å². The van der Waals surface area contributed by atoms with Crippen LogP contribution in [0.3, 0.4) is 0 Å². The number of hydrogen-bond acceptors (Lipinski definition) is 8. The first-order valence-electron chi connectivity index (χ1n) is 12.2. The smallest absolute Gasteiger partial charge is 0.310 e. The van der Waals surface area contributed by atoms with Crippen molar-refractivity contribution in [3.8, 4) is 0 Å². The predicted molar refractivity (Wildman–Crippen MR) is 142 cm³/mol. The third-order valence-corrected chi connectivity index (χ3v) is 8.40. The van der Waals surface area contributed by atoms with Crippen LogP contribution in [0.4, 0.5) is 0 Å². The number of fused-ring (bicyclic) bond motifs is 7. The van der Waals surface area contributed by atoms with Crippen molar-refractivity contribution < 1.29 is 28.7 Å². The minimum absolute atomic E-state index is 0.0666. The number of Topliss-reactive ketones (excluding diaryl/α,β-unsaturated/α-hetero) is 1. The molecular weight excluding hydrogens is 502 g/mol. The van der Waals surface area contributed by atoms with Crippen LogP contribution in [-0.2, 0) is 28.7 Å². The first kappa shape index (κ1) is 30.0. The number of ketones is 1. The predicted octanol–water partition coefficient (Wildman–Crippen LogP) is 2.52. The number of nitrogens with one attached hydrogen (secondary N) is 3. The highest BCUT2D eigenvalue weighted by Gasteiger charge is 2.34. The number of amides is 3. The molecule has 0 aromatic rings. The molecule has 4 atom stereocenters. The molecule has 2 rings (SSSR count). The van der Waals surface area contributed by atoms with Gasteiger partial charge in [0.15, 0.2) is 5.78 Å². The second kappa shape index (κ2) is 14.5. The number of ether oxygens (including phenoxy) is 1. The summed E-state index contributed by atoms with van der Waals surface area (Å²) >= 11 is 0. The van der Waals surface area contributed by atoms with Gasteiger partial charge in [0.2, 0.25) is 17.7 Å². The van der Waals surface area contributed by atoms with Gasteiger partial charge in [-0.05, 0) is 31.3 Å². The highest BCUT2D eigenvalue weighted by atomic mass is 33.1. The Hall–Kier alpha value is -2.27. The Bertz CT molecular complexity index is 902. The zero-order valence-corrected chi connectivity index (χ0v) is 23.1. The van der Waals surface area contributed by atoms with E-state index in [2.05, 4.69) is 16.0 Å². The fraction of sp³-hybridized carbons (Fsp3) is 0.640. The van der Waals surface area contributed by atoms with Crippen LogP contribution in [0.2, 0.25) is 0 Å². The van der Waals surface area contributed by atoms with Gasteiger partial charge in [0.1, 0.15) is 18.2 Å². The molecule has 0 aliphatic carbocycles. The molecule has 2 aliphatic rings. The van der Waals surface area contributed by atoms with E-state index < -0.39 is 53.6 Å². The lowest BCUT2D eigenvalue weighted by Crippen LogP contribution is -2.56. The van der Waals surface area contributed by atoms with Gasteiger partial charge < -0.3 is 20.7 Å². The Labute approximate surface area is 220 Å². The molecule has 2 bridgehead atoms. The molecule has 9 nitrogen and oxygen atoms in total. The first-order valence-corrected chi connectivity index (χ1v) is 14.7. The van der Waals surface area contributed by atoms with E-state index in [1.165, 1.54) is 27.7 Å². The zero-order valence-electron chi connectivity index (χ0n) is 21.5. The minimum Gasteiger partial charge on any atom is -0.457 e. The quantitative estimate of drug-likeness (QED) is 0.211. The summed E-state index contributed by atoms with van der Waals surface area (Å²) < 4.78 is 5.71. The summed E-state index contributed by atoms with van der Waals surface area (Å²) in [4.78, 5) is 65.4. The van der Waals surface area contributed by atoms with Crippen LogP contribution in [0.15, 0.2) is 23.9 Å². The Morgan fingerprint density at radius 3 is 2.33 bits per heavy atom. The van der Waals surface area contributed by atoms with E-state index in [0.29, 0.717) is 6.42 Å². The van der Waals surface area contributed by atoms with Gasteiger partial charge in [-0.1, -0.05) is 61.4 Å². The molecule has 2 aliphatic heterocycles. The Balaban J connectivity index is 2.55. The molecule has 1 fully saturated rings. The zero-order chi connectivity index (χ0) is 26.8. The summed E-state index contributed by atoms with van der Waals surface area (Å²) in [6.07, 6.45) is 4.55. The summed E-state index contributed by atoms with van der Waals surface area (Å²) in [6.45, 7) is 8.84. The number of carbonyl (C=O) groups is 5. The average molecular weight is 540 g/mol. The summed E-state index contributed by atoms with van der Waals surface area (Å²) in [7, 11) is 2.98. The van der Waals surface area contributed by atoms with E-state index in [1.54, 1.807) is 26.8 Å². The lowest BCUT2D eigenvalue weighted by Gasteiger charge is -2.27. The molecule has 36 heavy (non-hydrogen) atoms. The molecule has 2 heterocycles. The van der Waals surface area contributed by atoms with Crippen LogP contribution in [0.25, 0.3) is 0 Å². The Morgan fingerprint density at radius 2 is 1.69 bits per heavy atom. The van der Waals surface area contributed by atoms with E-state index >= 15 is 0 Å². The number of carbonyl (C=O) groups excluding carboxylic acids is 5. The first-order chi connectivity index (χ1) is 17.0. The van der Waals surface area contributed by atoms with Crippen LogP contribution in [0.1, 0.15) is 53.9 Å². The van der Waals surface area contributed by atoms with Crippen molar-refractivity contribution in [1.82, 2.24) is 16.0 Å². The normalized spacial score (nSPS) is 29.9. The number of allylic oxidation sites excluding steroid dienone is 3. The maximum atomic E-state index is 13.2. The van der Waals surface area contributed by atoms with Crippen LogP contribution in [0.5, 0.6) is 0 Å². The molecule has 0 aromatic heterocycles. The maximum Gasteiger partial charge on any atom is 0.310 e. The van der Waals surface area contributed by atoms with Crippen molar-refractivity contribution in [2.75, 3.05) is 11.5 Å². The van der Waals surface area contributed by atoms with Crippen molar-refractivity contribution in [3.05, 3.63) is 23.9 Å². The van der Waals surface area contributed by atoms with E-state index in [1.807, 2.05) is 19.9 Å². The third kappa shape index (κ3) is 8.99. The van der Waals surface area contributed by atoms with Gasteiger partial charge in [-0.25, -0.2) is 0 Å². The van der Waals surface area contributed by atoms with Crippen molar-refractivity contribution in [3.63, 3.8) is 0 Å². The SMILES string of the molecule is C/C=C1\NC(=O)[C@H]2CSSCC/C=C/[C@H](CC(=O)N[C@H](C(C)C)C(=O)N2)OC(=O)[C@H](C(C)C)CC1=O. The monoisotopic (exact) mass is 539 g/mol. The van der Waals surface area contributed by atoms with Gasteiger partial charge in [0.05, 0.1) is 18.0 Å². The van der Waals surface area contributed by atoms with Gasteiger partial charge in [-0.2, -0.15) is 0 Å². The van der Waals surface area contributed by atoms with Gasteiger partial charge in [-0.3, -0.25) is 24.0 Å². The van der Waals surface area contributed by atoms with E-state index in [4.69, 9.17) is 4.74 Å². The third-order valence-electron chi connectivity index (χ3n) is 5.95. The number of hydrogen-bond donors (Lipinski definition) is 3. The summed E-state index contributed by atoms with van der Waals surface area (Å²) in [5.74, 6) is -2.70. The maximum absolute atomic E-state index is 13.2. The molecule has 0 radical (unpaired) electrons. The number of esters is 1. The van der Waals surface area contributed by atoms with Crippen LogP contribution in [-0.4, -0.2) is 59.2 Å². The standard InChI is InChI=1S/C25H37N3O6S2/c1-6-18-20(29)12-17(14(2)3)25(33)34-16-9-7-8-10-35-36-13-19(23(31)26-18)27-24(32)22(15(4)5)28-21(30)11-16/h6-7,9,14-17,19,22H,8,10-13H2,1-5H3,(H,26,31)(H,27,32)(H,28,30)/b9-7+,18-6-/t16-,17+,19-,22-/m1/s1. The van der Waals surface area contributed by atoms with Gasteiger partial charge in [-0.15, -0.1) is 0 Å². The topological polar surface area (TPSA) is 131 Å². The van der Waals surface area contributed by atoms with Crippen molar-refractivity contribution in [2.45, 2.75) is 72.1 Å². The van der Waals surface area contributed by atoms with Crippen LogP contribution in [0, 0.1) is 17.8 Å². The number of rotatable bonds is 2. The van der Waals surface area contributed by atoms with E-state index in [9.17, 15) is 24.0 Å². The van der Waals surface area contributed by atoms with E-state index in [0.717, 1.165) is 5.75 Å². The van der Waals surface area contributed by atoms with Gasteiger partial charge >= 0.3 is 5.97 Å². The molecule has 0 aromatic carbocycles. The molecule has 0 unspecified atom stereocenters. The molecular formula is C25H37N3O6S2. The van der Waals surface area contributed by atoms with Crippen molar-refractivity contribution in [2.24, 2.45) is 17.8 Å². The molecule has 0 saturated carbocycles. The largest absolute Gasteiger partial charge is 0.457 e. The van der Waals surface area contributed by atoms with Crippen molar-refractivity contribution in [1.29, 1.82) is 0 Å². The van der Waals surface area contributed by atoms with Crippen LogP contribution < -0.4 is 16.0 Å². The van der Waals surface area contributed by atoms with Gasteiger partial charge in [0, 0.05) is 17.9 Å². The minimum atomic E-state index is -0.928. The summed E-state index contributed by atoms with van der Waals surface area (Å²) in [5, 5.41) is 8.14. The van der Waals surface area contributed by atoms with Gasteiger partial charge in [0.25, 0.3) is 0 Å². The Morgan fingerprint density at radius 1 is 0.972 bits per heavy atom. The highest BCUT2D eigenvalue weighted by Crippen LogP contribution is 2.25.